The predicted molar refractivity (Wildman–Crippen MR) is 101 cm³/mol. The Balaban J connectivity index is 1.43. The molecule has 1 unspecified atom stereocenters. The van der Waals surface area contributed by atoms with Crippen LogP contribution in [0.15, 0.2) is 30.9 Å². The molecule has 1 atom stereocenters. The molecule has 2 saturated heterocycles. The summed E-state index contributed by atoms with van der Waals surface area (Å²) >= 11 is 0. The minimum atomic E-state index is 0.139. The smallest absolute Gasteiger partial charge is 0.246 e. The van der Waals surface area contributed by atoms with Crippen molar-refractivity contribution in [1.82, 2.24) is 19.8 Å². The maximum Gasteiger partial charge on any atom is 0.246 e. The Kier molecular flexibility index (Phi) is 6.38. The van der Waals surface area contributed by atoms with Crippen LogP contribution in [0, 0.1) is 5.41 Å². The fourth-order valence-corrected chi connectivity index (χ4v) is 3.84. The maximum absolute atomic E-state index is 12.3. The van der Waals surface area contributed by atoms with E-state index in [4.69, 9.17) is 4.74 Å². The van der Waals surface area contributed by atoms with Crippen LogP contribution in [-0.4, -0.2) is 72.1 Å². The van der Waals surface area contributed by atoms with Gasteiger partial charge in [-0.15, -0.1) is 0 Å². The molecule has 0 bridgehead atoms. The molecule has 2 aliphatic heterocycles. The molecule has 142 valence electrons. The maximum atomic E-state index is 12.3. The molecule has 6 nitrogen and oxygen atoms in total. The van der Waals surface area contributed by atoms with Crippen LogP contribution in [0.5, 0.6) is 0 Å². The molecule has 0 saturated carbocycles. The zero-order chi connectivity index (χ0) is 18.4. The number of hydrogen-bond acceptors (Lipinski definition) is 5. The standard InChI is InChI=1S/C20H30N4O2/c1-23(2)9-3-4-19(25)24-10-7-20(8-11-24)6-5-18(26-15-20)12-17-13-21-16-22-14-17/h3-4,13-14,16,18H,5-12,15H2,1-2H3/b4-3+. The van der Waals surface area contributed by atoms with E-state index in [0.29, 0.717) is 0 Å². The van der Waals surface area contributed by atoms with Crippen LogP contribution in [0.3, 0.4) is 0 Å². The SMILES string of the molecule is CN(C)C/C=C/C(=O)N1CCC2(CCC(Cc3cncnc3)OC2)CC1. The van der Waals surface area contributed by atoms with Crippen LogP contribution in [0.25, 0.3) is 0 Å². The summed E-state index contributed by atoms with van der Waals surface area (Å²) in [5.74, 6) is 0.139. The van der Waals surface area contributed by atoms with Crippen LogP contribution in [-0.2, 0) is 16.0 Å². The minimum absolute atomic E-state index is 0.139. The van der Waals surface area contributed by atoms with Gasteiger partial charge in [-0.1, -0.05) is 6.08 Å². The van der Waals surface area contributed by atoms with Crippen LogP contribution in [0.4, 0.5) is 0 Å². The minimum Gasteiger partial charge on any atom is -0.377 e. The number of piperidine rings is 1. The molecular formula is C20H30N4O2. The van der Waals surface area contributed by atoms with Gasteiger partial charge in [0.1, 0.15) is 6.33 Å². The number of rotatable bonds is 5. The largest absolute Gasteiger partial charge is 0.377 e. The first-order chi connectivity index (χ1) is 12.6. The van der Waals surface area contributed by atoms with Gasteiger partial charge in [0, 0.05) is 44.5 Å². The fourth-order valence-electron chi connectivity index (χ4n) is 3.84. The first kappa shape index (κ1) is 19.0. The molecule has 2 aliphatic rings. The highest BCUT2D eigenvalue weighted by Gasteiger charge is 2.39. The molecule has 6 heteroatoms. The molecular weight excluding hydrogens is 328 g/mol. The molecule has 3 heterocycles. The molecule has 2 fully saturated rings. The number of likely N-dealkylation sites (N-methyl/N-ethyl adjacent to an activating group) is 1. The lowest BCUT2D eigenvalue weighted by molar-refractivity contribution is -0.132. The van der Waals surface area contributed by atoms with E-state index in [-0.39, 0.29) is 17.4 Å². The van der Waals surface area contributed by atoms with Crippen LogP contribution >= 0.6 is 0 Å². The predicted octanol–water partition coefficient (Wildman–Crippen LogP) is 1.92. The highest BCUT2D eigenvalue weighted by Crippen LogP contribution is 2.41. The van der Waals surface area contributed by atoms with Crippen molar-refractivity contribution < 1.29 is 9.53 Å². The van der Waals surface area contributed by atoms with E-state index in [9.17, 15) is 4.79 Å². The van der Waals surface area contributed by atoms with E-state index in [1.807, 2.05) is 42.4 Å². The Bertz CT molecular complexity index is 599. The van der Waals surface area contributed by atoms with E-state index in [1.54, 1.807) is 12.4 Å². The number of carbonyl (C=O) groups excluding carboxylic acids is 1. The van der Waals surface area contributed by atoms with E-state index >= 15 is 0 Å². The molecule has 1 aromatic rings. The number of amides is 1. The quantitative estimate of drug-likeness (QED) is 0.753. The number of ether oxygens (including phenoxy) is 1. The topological polar surface area (TPSA) is 58.6 Å². The van der Waals surface area contributed by atoms with Gasteiger partial charge in [-0.05, 0) is 50.8 Å². The number of aromatic nitrogens is 2. The Labute approximate surface area is 156 Å². The van der Waals surface area contributed by atoms with Gasteiger partial charge in [0.05, 0.1) is 12.7 Å². The average Bonchev–Trinajstić information content (AvgIpc) is 2.65. The number of nitrogens with zero attached hydrogens (tertiary/aromatic N) is 4. The second-order valence-corrected chi connectivity index (χ2v) is 7.91. The van der Waals surface area contributed by atoms with Gasteiger partial charge < -0.3 is 14.5 Å². The second kappa shape index (κ2) is 8.73. The van der Waals surface area contributed by atoms with Crippen molar-refractivity contribution >= 4 is 5.91 Å². The van der Waals surface area contributed by atoms with Crippen molar-refractivity contribution in [3.05, 3.63) is 36.4 Å². The molecule has 1 aromatic heterocycles. The van der Waals surface area contributed by atoms with Gasteiger partial charge in [-0.25, -0.2) is 9.97 Å². The molecule has 1 spiro atoms. The van der Waals surface area contributed by atoms with Crippen molar-refractivity contribution in [2.75, 3.05) is 40.3 Å². The first-order valence-corrected chi connectivity index (χ1v) is 9.52. The Morgan fingerprint density at radius 1 is 1.31 bits per heavy atom. The summed E-state index contributed by atoms with van der Waals surface area (Å²) in [7, 11) is 4.00. The fraction of sp³-hybridized carbons (Fsp3) is 0.650. The van der Waals surface area contributed by atoms with E-state index in [1.165, 1.54) is 6.42 Å². The van der Waals surface area contributed by atoms with Crippen molar-refractivity contribution in [3.63, 3.8) is 0 Å². The number of carbonyl (C=O) groups is 1. The van der Waals surface area contributed by atoms with Gasteiger partial charge >= 0.3 is 0 Å². The van der Waals surface area contributed by atoms with Gasteiger partial charge in [-0.3, -0.25) is 4.79 Å². The Morgan fingerprint density at radius 2 is 2.04 bits per heavy atom. The van der Waals surface area contributed by atoms with Crippen molar-refractivity contribution in [3.8, 4) is 0 Å². The summed E-state index contributed by atoms with van der Waals surface area (Å²) in [5.41, 5.74) is 1.40. The van der Waals surface area contributed by atoms with Gasteiger partial charge in [-0.2, -0.15) is 0 Å². The molecule has 0 aromatic carbocycles. The summed E-state index contributed by atoms with van der Waals surface area (Å²) in [6.45, 7) is 3.28. The number of hydrogen-bond donors (Lipinski definition) is 0. The Hall–Kier alpha value is -1.79. The van der Waals surface area contributed by atoms with E-state index in [0.717, 1.165) is 57.5 Å². The third-order valence-electron chi connectivity index (χ3n) is 5.57. The van der Waals surface area contributed by atoms with Gasteiger partial charge in [0.25, 0.3) is 0 Å². The third-order valence-corrected chi connectivity index (χ3v) is 5.57. The summed E-state index contributed by atoms with van der Waals surface area (Å²) in [6, 6.07) is 0. The first-order valence-electron chi connectivity index (χ1n) is 9.52. The van der Waals surface area contributed by atoms with Crippen molar-refractivity contribution in [2.24, 2.45) is 5.41 Å². The average molecular weight is 358 g/mol. The molecule has 0 radical (unpaired) electrons. The monoisotopic (exact) mass is 358 g/mol. The van der Waals surface area contributed by atoms with Crippen LogP contribution in [0.1, 0.15) is 31.2 Å². The van der Waals surface area contributed by atoms with Crippen molar-refractivity contribution in [2.45, 2.75) is 38.2 Å². The van der Waals surface area contributed by atoms with E-state index in [2.05, 4.69) is 9.97 Å². The molecule has 26 heavy (non-hydrogen) atoms. The molecule has 1 amide bonds. The lowest BCUT2D eigenvalue weighted by Crippen LogP contribution is -2.47. The van der Waals surface area contributed by atoms with Crippen LogP contribution < -0.4 is 0 Å². The summed E-state index contributed by atoms with van der Waals surface area (Å²) in [5, 5.41) is 0. The van der Waals surface area contributed by atoms with Gasteiger partial charge in [0.15, 0.2) is 0 Å². The lowest BCUT2D eigenvalue weighted by Gasteiger charge is -2.45. The van der Waals surface area contributed by atoms with Crippen molar-refractivity contribution in [1.29, 1.82) is 0 Å². The zero-order valence-electron chi connectivity index (χ0n) is 15.9. The Morgan fingerprint density at radius 3 is 2.65 bits per heavy atom. The summed E-state index contributed by atoms with van der Waals surface area (Å²) < 4.78 is 6.18. The van der Waals surface area contributed by atoms with E-state index < -0.39 is 0 Å². The molecule has 0 N–H and O–H groups in total. The highest BCUT2D eigenvalue weighted by atomic mass is 16.5. The van der Waals surface area contributed by atoms with Crippen LogP contribution in [0.2, 0.25) is 0 Å². The van der Waals surface area contributed by atoms with Gasteiger partial charge in [0.2, 0.25) is 5.91 Å². The highest BCUT2D eigenvalue weighted by molar-refractivity contribution is 5.87. The summed E-state index contributed by atoms with van der Waals surface area (Å²) in [6.07, 6.45) is 14.5. The molecule has 0 aliphatic carbocycles. The third kappa shape index (κ3) is 5.11. The second-order valence-electron chi connectivity index (χ2n) is 7.91. The zero-order valence-corrected chi connectivity index (χ0v) is 15.9. The normalized spacial score (nSPS) is 23.0. The summed E-state index contributed by atoms with van der Waals surface area (Å²) in [4.78, 5) is 24.5. The lowest BCUT2D eigenvalue weighted by atomic mass is 9.73. The molecule has 3 rings (SSSR count). The number of likely N-dealkylation sites (tertiary alicyclic amines) is 1.